The van der Waals surface area contributed by atoms with E-state index >= 15 is 0 Å². The Hall–Kier alpha value is -1.43. The number of carbonyl (C=O) groups excluding carboxylic acids is 1. The molecule has 1 saturated heterocycles. The number of aromatic nitrogens is 2. The highest BCUT2D eigenvalue weighted by Crippen LogP contribution is 2.34. The lowest BCUT2D eigenvalue weighted by atomic mass is 9.75. The second-order valence-corrected chi connectivity index (χ2v) is 5.55. The average molecular weight is 264 g/mol. The predicted octanol–water partition coefficient (Wildman–Crippen LogP) is 1.56. The lowest BCUT2D eigenvalue weighted by molar-refractivity contribution is 0.0806. The Morgan fingerprint density at radius 2 is 2.37 bits per heavy atom. The number of hydrogen-bond acceptors (Lipinski definition) is 5. The van der Waals surface area contributed by atoms with Crippen LogP contribution in [0.2, 0.25) is 0 Å². The first-order valence-electron chi connectivity index (χ1n) is 7.12. The quantitative estimate of drug-likeness (QED) is 0.862. The van der Waals surface area contributed by atoms with E-state index in [-0.39, 0.29) is 23.3 Å². The molecule has 3 rings (SSSR count). The Labute approximate surface area is 112 Å². The van der Waals surface area contributed by atoms with Crippen LogP contribution in [0.4, 0.5) is 0 Å². The fraction of sp³-hybridized carbons (Fsp3) is 0.769. The third-order valence-electron chi connectivity index (χ3n) is 4.37. The van der Waals surface area contributed by atoms with Gasteiger partial charge in [-0.2, -0.15) is 4.98 Å². The van der Waals surface area contributed by atoms with Crippen molar-refractivity contribution in [3.8, 4) is 0 Å². The molecule has 1 amide bonds. The van der Waals surface area contributed by atoms with Gasteiger partial charge in [-0.1, -0.05) is 12.1 Å². The molecule has 0 bridgehead atoms. The van der Waals surface area contributed by atoms with Crippen molar-refractivity contribution in [2.45, 2.75) is 57.0 Å². The van der Waals surface area contributed by atoms with Crippen LogP contribution in [0.25, 0.3) is 0 Å². The van der Waals surface area contributed by atoms with Gasteiger partial charge in [0.2, 0.25) is 5.89 Å². The SMILES string of the molecule is CCC1(NC(=O)c2noc(C3CCCN3)n2)CCC1. The third kappa shape index (κ3) is 2.36. The van der Waals surface area contributed by atoms with Crippen LogP contribution in [-0.2, 0) is 0 Å². The minimum absolute atomic E-state index is 0.0382. The normalized spacial score (nSPS) is 25.0. The fourth-order valence-electron chi connectivity index (χ4n) is 2.83. The molecule has 1 aliphatic heterocycles. The van der Waals surface area contributed by atoms with Crippen LogP contribution in [0.5, 0.6) is 0 Å². The molecule has 2 N–H and O–H groups in total. The maximum atomic E-state index is 12.1. The van der Waals surface area contributed by atoms with E-state index in [4.69, 9.17) is 4.52 Å². The van der Waals surface area contributed by atoms with Gasteiger partial charge in [0.15, 0.2) is 0 Å². The van der Waals surface area contributed by atoms with Crippen LogP contribution in [0.15, 0.2) is 4.52 Å². The fourth-order valence-corrected chi connectivity index (χ4v) is 2.83. The topological polar surface area (TPSA) is 80.0 Å². The maximum absolute atomic E-state index is 12.1. The molecule has 6 heteroatoms. The van der Waals surface area contributed by atoms with Crippen molar-refractivity contribution >= 4 is 5.91 Å². The zero-order chi connectivity index (χ0) is 13.3. The van der Waals surface area contributed by atoms with Gasteiger partial charge in [0.25, 0.3) is 11.7 Å². The Kier molecular flexibility index (Phi) is 3.26. The first-order chi connectivity index (χ1) is 9.22. The number of hydrogen-bond donors (Lipinski definition) is 2. The maximum Gasteiger partial charge on any atom is 0.293 e. The molecular weight excluding hydrogens is 244 g/mol. The Morgan fingerprint density at radius 3 is 2.95 bits per heavy atom. The molecule has 1 saturated carbocycles. The molecule has 1 unspecified atom stereocenters. The molecule has 6 nitrogen and oxygen atoms in total. The molecule has 2 heterocycles. The van der Waals surface area contributed by atoms with Gasteiger partial charge in [-0.15, -0.1) is 0 Å². The number of nitrogens with one attached hydrogen (secondary N) is 2. The molecule has 0 radical (unpaired) electrons. The Bertz CT molecular complexity index is 455. The predicted molar refractivity (Wildman–Crippen MR) is 68.6 cm³/mol. The van der Waals surface area contributed by atoms with Crippen molar-refractivity contribution in [2.75, 3.05) is 6.54 Å². The van der Waals surface area contributed by atoms with E-state index in [1.165, 1.54) is 6.42 Å². The Morgan fingerprint density at radius 1 is 1.53 bits per heavy atom. The van der Waals surface area contributed by atoms with E-state index in [1.54, 1.807) is 0 Å². The summed E-state index contributed by atoms with van der Waals surface area (Å²) in [6.07, 6.45) is 6.31. The van der Waals surface area contributed by atoms with Gasteiger partial charge >= 0.3 is 0 Å². The molecule has 19 heavy (non-hydrogen) atoms. The second kappa shape index (κ2) is 4.92. The molecule has 1 aromatic rings. The zero-order valence-corrected chi connectivity index (χ0v) is 11.2. The van der Waals surface area contributed by atoms with E-state index in [1.807, 2.05) is 0 Å². The van der Waals surface area contributed by atoms with E-state index < -0.39 is 0 Å². The number of amides is 1. The standard InChI is InChI=1S/C13H20N4O2/c1-2-13(6-4-7-13)16-11(18)10-15-12(19-17-10)9-5-3-8-14-9/h9,14H,2-8H2,1H3,(H,16,18). The van der Waals surface area contributed by atoms with Crippen molar-refractivity contribution in [1.29, 1.82) is 0 Å². The molecule has 2 fully saturated rings. The molecule has 2 aliphatic rings. The number of rotatable bonds is 4. The van der Waals surface area contributed by atoms with E-state index in [2.05, 4.69) is 27.7 Å². The first-order valence-corrected chi connectivity index (χ1v) is 7.12. The molecule has 1 aromatic heterocycles. The summed E-state index contributed by atoms with van der Waals surface area (Å²) in [5, 5.41) is 10.1. The van der Waals surface area contributed by atoms with Crippen LogP contribution in [0.1, 0.15) is 68.0 Å². The molecule has 1 aliphatic carbocycles. The van der Waals surface area contributed by atoms with Crippen LogP contribution >= 0.6 is 0 Å². The summed E-state index contributed by atoms with van der Waals surface area (Å²) in [6, 6.07) is 0.109. The van der Waals surface area contributed by atoms with Gasteiger partial charge < -0.3 is 15.2 Å². The van der Waals surface area contributed by atoms with Gasteiger partial charge in [0, 0.05) is 5.54 Å². The van der Waals surface area contributed by atoms with E-state index in [0.29, 0.717) is 5.89 Å². The molecule has 104 valence electrons. The van der Waals surface area contributed by atoms with E-state index in [0.717, 1.165) is 38.6 Å². The Balaban J connectivity index is 1.66. The van der Waals surface area contributed by atoms with Gasteiger partial charge in [-0.25, -0.2) is 0 Å². The second-order valence-electron chi connectivity index (χ2n) is 5.55. The van der Waals surface area contributed by atoms with Crippen molar-refractivity contribution in [3.05, 3.63) is 11.7 Å². The summed E-state index contributed by atoms with van der Waals surface area (Å²) in [5.74, 6) is 0.472. The summed E-state index contributed by atoms with van der Waals surface area (Å²) < 4.78 is 5.19. The number of nitrogens with zero attached hydrogens (tertiary/aromatic N) is 2. The van der Waals surface area contributed by atoms with Gasteiger partial charge in [0.1, 0.15) is 0 Å². The van der Waals surface area contributed by atoms with Gasteiger partial charge in [0.05, 0.1) is 6.04 Å². The van der Waals surface area contributed by atoms with Crippen molar-refractivity contribution in [2.24, 2.45) is 0 Å². The first kappa shape index (κ1) is 12.6. The highest BCUT2D eigenvalue weighted by Gasteiger charge is 2.37. The molecular formula is C13H20N4O2. The summed E-state index contributed by atoms with van der Waals surface area (Å²) in [4.78, 5) is 16.3. The van der Waals surface area contributed by atoms with Crippen molar-refractivity contribution in [3.63, 3.8) is 0 Å². The summed E-state index contributed by atoms with van der Waals surface area (Å²) in [7, 11) is 0. The number of carbonyl (C=O) groups is 1. The van der Waals surface area contributed by atoms with Gasteiger partial charge in [-0.05, 0) is 45.1 Å². The molecule has 1 atom stereocenters. The average Bonchev–Trinajstić information content (AvgIpc) is 3.02. The summed E-state index contributed by atoms with van der Waals surface area (Å²) >= 11 is 0. The zero-order valence-electron chi connectivity index (χ0n) is 11.2. The molecule has 0 aromatic carbocycles. The monoisotopic (exact) mass is 264 g/mol. The largest absolute Gasteiger partial charge is 0.344 e. The van der Waals surface area contributed by atoms with E-state index in [9.17, 15) is 4.79 Å². The lowest BCUT2D eigenvalue weighted by Crippen LogP contribution is -2.53. The highest BCUT2D eigenvalue weighted by molar-refractivity contribution is 5.90. The van der Waals surface area contributed by atoms with Crippen LogP contribution < -0.4 is 10.6 Å². The smallest absolute Gasteiger partial charge is 0.293 e. The van der Waals surface area contributed by atoms with Crippen LogP contribution in [-0.4, -0.2) is 28.1 Å². The molecule has 0 spiro atoms. The third-order valence-corrected chi connectivity index (χ3v) is 4.37. The van der Waals surface area contributed by atoms with Crippen molar-refractivity contribution < 1.29 is 9.32 Å². The van der Waals surface area contributed by atoms with Gasteiger partial charge in [-0.3, -0.25) is 4.79 Å². The highest BCUT2D eigenvalue weighted by atomic mass is 16.5. The summed E-state index contributed by atoms with van der Waals surface area (Å²) in [6.45, 7) is 3.07. The van der Waals surface area contributed by atoms with Crippen molar-refractivity contribution in [1.82, 2.24) is 20.8 Å². The minimum atomic E-state index is -0.213. The van der Waals surface area contributed by atoms with Crippen LogP contribution in [0.3, 0.4) is 0 Å². The lowest BCUT2D eigenvalue weighted by Gasteiger charge is -2.41. The van der Waals surface area contributed by atoms with Crippen LogP contribution in [0, 0.1) is 0 Å². The minimum Gasteiger partial charge on any atom is -0.344 e. The summed E-state index contributed by atoms with van der Waals surface area (Å²) in [5.41, 5.74) is -0.0382.